The van der Waals surface area contributed by atoms with E-state index in [1.807, 2.05) is 19.1 Å². The summed E-state index contributed by atoms with van der Waals surface area (Å²) in [5.74, 6) is 0.221. The topological polar surface area (TPSA) is 60.2 Å². The summed E-state index contributed by atoms with van der Waals surface area (Å²) in [5.41, 5.74) is 6.51. The van der Waals surface area contributed by atoms with E-state index in [-0.39, 0.29) is 5.75 Å². The Balaban J connectivity index is 2.78. The first-order valence-corrected chi connectivity index (χ1v) is 7.77. The molecule has 3 nitrogen and oxygen atoms in total. The molecule has 0 saturated carbocycles. The van der Waals surface area contributed by atoms with Gasteiger partial charge in [-0.1, -0.05) is 19.1 Å². The molecule has 0 fully saturated rings. The maximum atomic E-state index is 11.9. The third-order valence-electron chi connectivity index (χ3n) is 2.65. The Hall–Kier alpha value is -0.870. The lowest BCUT2D eigenvalue weighted by molar-refractivity contribution is 0.594. The van der Waals surface area contributed by atoms with E-state index >= 15 is 0 Å². The molecular weight excluding hydrogens is 234 g/mol. The van der Waals surface area contributed by atoms with E-state index in [9.17, 15) is 8.42 Å². The Labute approximate surface area is 104 Å². The van der Waals surface area contributed by atoms with Gasteiger partial charge < -0.3 is 5.73 Å². The summed E-state index contributed by atoms with van der Waals surface area (Å²) in [7, 11) is -3.09. The minimum absolute atomic E-state index is 0.221. The quantitative estimate of drug-likeness (QED) is 0.759. The van der Waals surface area contributed by atoms with Crippen LogP contribution in [0.2, 0.25) is 0 Å². The lowest BCUT2D eigenvalue weighted by atomic mass is 10.1. The first-order chi connectivity index (χ1) is 8.10. The number of unbranched alkanes of at least 4 members (excludes halogenated alkanes) is 1. The second-order valence-electron chi connectivity index (χ2n) is 4.21. The lowest BCUT2D eigenvalue weighted by Gasteiger charge is -2.06. The summed E-state index contributed by atoms with van der Waals surface area (Å²) in [6, 6.07) is 7.26. The monoisotopic (exact) mass is 255 g/mol. The smallest absolute Gasteiger partial charge is 0.178 e. The van der Waals surface area contributed by atoms with Crippen molar-refractivity contribution in [1.82, 2.24) is 0 Å². The Morgan fingerprint density at radius 3 is 2.65 bits per heavy atom. The van der Waals surface area contributed by atoms with Gasteiger partial charge in [0.1, 0.15) is 0 Å². The Morgan fingerprint density at radius 1 is 1.24 bits per heavy atom. The van der Waals surface area contributed by atoms with Gasteiger partial charge in [0.15, 0.2) is 9.84 Å². The first-order valence-electron chi connectivity index (χ1n) is 6.12. The Morgan fingerprint density at radius 2 is 2.00 bits per heavy atom. The van der Waals surface area contributed by atoms with Crippen LogP contribution in [0.4, 0.5) is 0 Å². The first kappa shape index (κ1) is 14.2. The largest absolute Gasteiger partial charge is 0.330 e. The molecule has 0 aliphatic heterocycles. The molecule has 0 unspecified atom stereocenters. The average molecular weight is 255 g/mol. The zero-order chi connectivity index (χ0) is 12.7. The second-order valence-corrected chi connectivity index (χ2v) is 6.32. The molecule has 4 heteroatoms. The van der Waals surface area contributed by atoms with Gasteiger partial charge in [0.05, 0.1) is 10.6 Å². The van der Waals surface area contributed by atoms with Crippen molar-refractivity contribution in [2.24, 2.45) is 5.73 Å². The van der Waals surface area contributed by atoms with E-state index < -0.39 is 9.84 Å². The van der Waals surface area contributed by atoms with E-state index in [2.05, 4.69) is 0 Å². The molecule has 0 aliphatic rings. The van der Waals surface area contributed by atoms with Gasteiger partial charge in [0.2, 0.25) is 0 Å². The molecule has 2 N–H and O–H groups in total. The highest BCUT2D eigenvalue weighted by Gasteiger charge is 2.12. The maximum absolute atomic E-state index is 11.9. The predicted molar refractivity (Wildman–Crippen MR) is 70.8 cm³/mol. The Bertz CT molecular complexity index is 440. The molecular formula is C13H21NO2S. The van der Waals surface area contributed by atoms with Crippen molar-refractivity contribution in [2.75, 3.05) is 12.3 Å². The van der Waals surface area contributed by atoms with Crippen molar-refractivity contribution in [1.29, 1.82) is 0 Å². The number of hydrogen-bond acceptors (Lipinski definition) is 3. The van der Waals surface area contributed by atoms with Crippen LogP contribution >= 0.6 is 0 Å². The fourth-order valence-electron chi connectivity index (χ4n) is 1.75. The molecule has 0 aromatic heterocycles. The van der Waals surface area contributed by atoms with E-state index in [0.717, 1.165) is 24.8 Å². The zero-order valence-electron chi connectivity index (χ0n) is 10.4. The summed E-state index contributed by atoms with van der Waals surface area (Å²) in [6.07, 6.45) is 3.53. The molecule has 0 radical (unpaired) electrons. The van der Waals surface area contributed by atoms with Gasteiger partial charge in [-0.3, -0.25) is 0 Å². The van der Waals surface area contributed by atoms with E-state index in [0.29, 0.717) is 17.9 Å². The fraction of sp³-hybridized carbons (Fsp3) is 0.538. The van der Waals surface area contributed by atoms with Gasteiger partial charge in [0.25, 0.3) is 0 Å². The second kappa shape index (κ2) is 6.77. The number of rotatable bonds is 7. The normalized spacial score (nSPS) is 11.6. The van der Waals surface area contributed by atoms with E-state index in [1.165, 1.54) is 0 Å². The minimum Gasteiger partial charge on any atom is -0.330 e. The van der Waals surface area contributed by atoms with Crippen LogP contribution in [-0.2, 0) is 16.3 Å². The van der Waals surface area contributed by atoms with Gasteiger partial charge in [0, 0.05) is 0 Å². The van der Waals surface area contributed by atoms with Crippen LogP contribution in [-0.4, -0.2) is 20.7 Å². The SMILES string of the molecule is CCCS(=O)(=O)c1cccc(CCCCN)c1. The van der Waals surface area contributed by atoms with Crippen molar-refractivity contribution in [3.8, 4) is 0 Å². The molecule has 0 bridgehead atoms. The van der Waals surface area contributed by atoms with Crippen LogP contribution in [0.15, 0.2) is 29.2 Å². The predicted octanol–water partition coefficient (Wildman–Crippen LogP) is 2.15. The summed E-state index contributed by atoms with van der Waals surface area (Å²) in [4.78, 5) is 0.449. The van der Waals surface area contributed by atoms with Crippen molar-refractivity contribution in [3.63, 3.8) is 0 Å². The van der Waals surface area contributed by atoms with Gasteiger partial charge in [-0.2, -0.15) is 0 Å². The van der Waals surface area contributed by atoms with Crippen LogP contribution in [0, 0.1) is 0 Å². The fourth-order valence-corrected chi connectivity index (χ4v) is 3.14. The highest BCUT2D eigenvalue weighted by Crippen LogP contribution is 2.15. The molecule has 0 spiro atoms. The third kappa shape index (κ3) is 4.48. The molecule has 0 amide bonds. The molecule has 0 aliphatic carbocycles. The van der Waals surface area contributed by atoms with E-state index in [4.69, 9.17) is 5.73 Å². The average Bonchev–Trinajstić information content (AvgIpc) is 2.30. The number of nitrogens with two attached hydrogens (primary N) is 1. The van der Waals surface area contributed by atoms with Crippen LogP contribution in [0.1, 0.15) is 31.7 Å². The number of hydrogen-bond donors (Lipinski definition) is 1. The molecule has 0 atom stereocenters. The Kier molecular flexibility index (Phi) is 5.65. The number of sulfone groups is 1. The number of aryl methyl sites for hydroxylation is 1. The lowest BCUT2D eigenvalue weighted by Crippen LogP contribution is -2.06. The molecule has 17 heavy (non-hydrogen) atoms. The highest BCUT2D eigenvalue weighted by molar-refractivity contribution is 7.91. The molecule has 1 aromatic rings. The third-order valence-corrected chi connectivity index (χ3v) is 4.57. The van der Waals surface area contributed by atoms with Crippen LogP contribution < -0.4 is 5.73 Å². The standard InChI is InChI=1S/C13H21NO2S/c1-2-10-17(15,16)13-8-5-7-12(11-13)6-3-4-9-14/h5,7-8,11H,2-4,6,9-10,14H2,1H3. The minimum atomic E-state index is -3.09. The summed E-state index contributed by atoms with van der Waals surface area (Å²) < 4.78 is 23.8. The van der Waals surface area contributed by atoms with Crippen molar-refractivity contribution in [3.05, 3.63) is 29.8 Å². The highest BCUT2D eigenvalue weighted by atomic mass is 32.2. The summed E-state index contributed by atoms with van der Waals surface area (Å²) >= 11 is 0. The molecule has 1 rings (SSSR count). The van der Waals surface area contributed by atoms with Crippen molar-refractivity contribution >= 4 is 9.84 Å². The van der Waals surface area contributed by atoms with Gasteiger partial charge in [-0.15, -0.1) is 0 Å². The maximum Gasteiger partial charge on any atom is 0.178 e. The van der Waals surface area contributed by atoms with Gasteiger partial charge in [-0.05, 0) is 49.9 Å². The zero-order valence-corrected chi connectivity index (χ0v) is 11.2. The van der Waals surface area contributed by atoms with Crippen LogP contribution in [0.3, 0.4) is 0 Å². The van der Waals surface area contributed by atoms with Crippen LogP contribution in [0.25, 0.3) is 0 Å². The van der Waals surface area contributed by atoms with Crippen molar-refractivity contribution < 1.29 is 8.42 Å². The molecule has 0 saturated heterocycles. The van der Waals surface area contributed by atoms with Crippen LogP contribution in [0.5, 0.6) is 0 Å². The summed E-state index contributed by atoms with van der Waals surface area (Å²) in [6.45, 7) is 2.57. The number of benzene rings is 1. The molecule has 96 valence electrons. The van der Waals surface area contributed by atoms with E-state index in [1.54, 1.807) is 12.1 Å². The molecule has 0 heterocycles. The summed E-state index contributed by atoms with van der Waals surface area (Å²) in [5, 5.41) is 0. The van der Waals surface area contributed by atoms with Crippen molar-refractivity contribution in [2.45, 2.75) is 37.5 Å². The van der Waals surface area contributed by atoms with Gasteiger partial charge >= 0.3 is 0 Å². The van der Waals surface area contributed by atoms with Gasteiger partial charge in [-0.25, -0.2) is 8.42 Å². The molecule has 1 aromatic carbocycles.